The Morgan fingerprint density at radius 3 is 2.56 bits per heavy atom. The molecule has 6 nitrogen and oxygen atoms in total. The minimum absolute atomic E-state index is 0.0678. The number of nitrogens with one attached hydrogen (secondary N) is 1. The van der Waals surface area contributed by atoms with Crippen LogP contribution in [0.15, 0.2) is 0 Å². The van der Waals surface area contributed by atoms with Crippen LogP contribution < -0.4 is 5.32 Å². The summed E-state index contributed by atoms with van der Waals surface area (Å²) < 4.78 is 29.1. The highest BCUT2D eigenvalue weighted by Crippen LogP contribution is 2.02. The van der Waals surface area contributed by atoms with Gasteiger partial charge in [-0.1, -0.05) is 11.8 Å². The smallest absolute Gasteiger partial charge is 0.279 e. The Kier molecular flexibility index (Phi) is 7.73. The lowest BCUT2D eigenvalue weighted by atomic mass is 10.4. The molecule has 0 aliphatic carbocycles. The van der Waals surface area contributed by atoms with Crippen molar-refractivity contribution in [3.8, 4) is 0 Å². The zero-order chi connectivity index (χ0) is 12.6. The fraction of sp³-hybridized carbons (Fsp3) is 0.875. The van der Waals surface area contributed by atoms with Crippen molar-refractivity contribution in [2.75, 3.05) is 38.7 Å². The van der Waals surface area contributed by atoms with E-state index in [0.29, 0.717) is 6.54 Å². The zero-order valence-electron chi connectivity index (χ0n) is 9.47. The third-order valence-electron chi connectivity index (χ3n) is 1.63. The van der Waals surface area contributed by atoms with Crippen LogP contribution in [0.25, 0.3) is 0 Å². The highest BCUT2D eigenvalue weighted by Gasteiger charge is 2.07. The maximum Gasteiger partial charge on any atom is 0.279 e. The summed E-state index contributed by atoms with van der Waals surface area (Å²) in [5, 5.41) is 2.38. The predicted octanol–water partition coefficient (Wildman–Crippen LogP) is 0.269. The second-order valence-corrected chi connectivity index (χ2v) is 6.15. The standard InChI is InChI=1S/C8H18N2O4S2/c1-10(2)5-3-4-9-8(11)15-6-7-16(12,13)14/h3-7H2,1-2H3,(H,9,11)(H,12,13,14). The molecular weight excluding hydrogens is 252 g/mol. The predicted molar refractivity (Wildman–Crippen MR) is 65.4 cm³/mol. The molecule has 96 valence electrons. The summed E-state index contributed by atoms with van der Waals surface area (Å²) in [6.45, 7) is 1.45. The van der Waals surface area contributed by atoms with Crippen molar-refractivity contribution in [3.63, 3.8) is 0 Å². The van der Waals surface area contributed by atoms with Gasteiger partial charge >= 0.3 is 0 Å². The molecule has 0 aromatic rings. The molecule has 0 rings (SSSR count). The zero-order valence-corrected chi connectivity index (χ0v) is 11.1. The van der Waals surface area contributed by atoms with Gasteiger partial charge in [0, 0.05) is 12.3 Å². The van der Waals surface area contributed by atoms with Gasteiger partial charge in [0.1, 0.15) is 0 Å². The molecule has 2 N–H and O–H groups in total. The molecule has 0 saturated heterocycles. The topological polar surface area (TPSA) is 86.7 Å². The molecule has 0 fully saturated rings. The van der Waals surface area contributed by atoms with Crippen molar-refractivity contribution < 1.29 is 17.8 Å². The van der Waals surface area contributed by atoms with E-state index in [1.807, 2.05) is 19.0 Å². The van der Waals surface area contributed by atoms with Crippen molar-refractivity contribution in [3.05, 3.63) is 0 Å². The largest absolute Gasteiger partial charge is 0.347 e. The number of amides is 1. The Morgan fingerprint density at radius 2 is 2.06 bits per heavy atom. The van der Waals surface area contributed by atoms with Crippen molar-refractivity contribution >= 4 is 27.1 Å². The molecule has 0 bridgehead atoms. The van der Waals surface area contributed by atoms with Gasteiger partial charge < -0.3 is 10.2 Å². The molecule has 0 aliphatic heterocycles. The number of rotatable bonds is 7. The second-order valence-electron chi connectivity index (χ2n) is 3.51. The van der Waals surface area contributed by atoms with Crippen LogP contribution in [0.5, 0.6) is 0 Å². The van der Waals surface area contributed by atoms with Crippen LogP contribution in [0.4, 0.5) is 4.79 Å². The number of carbonyl (C=O) groups is 1. The average Bonchev–Trinajstić information content (AvgIpc) is 2.10. The van der Waals surface area contributed by atoms with Gasteiger partial charge in [-0.2, -0.15) is 8.42 Å². The van der Waals surface area contributed by atoms with Crippen molar-refractivity contribution in [2.24, 2.45) is 0 Å². The van der Waals surface area contributed by atoms with Gasteiger partial charge in [-0.05, 0) is 27.1 Å². The lowest BCUT2D eigenvalue weighted by Crippen LogP contribution is -2.24. The molecule has 0 heterocycles. The normalized spacial score (nSPS) is 11.8. The van der Waals surface area contributed by atoms with E-state index >= 15 is 0 Å². The molecule has 0 atom stereocenters. The minimum Gasteiger partial charge on any atom is -0.347 e. The molecule has 16 heavy (non-hydrogen) atoms. The molecule has 0 aromatic carbocycles. The molecule has 0 aromatic heterocycles. The average molecular weight is 270 g/mol. The number of hydrogen-bond donors (Lipinski definition) is 2. The highest BCUT2D eigenvalue weighted by atomic mass is 32.2. The van der Waals surface area contributed by atoms with E-state index in [0.717, 1.165) is 24.7 Å². The summed E-state index contributed by atoms with van der Waals surface area (Å²) in [6.07, 6.45) is 0.845. The summed E-state index contributed by atoms with van der Waals surface area (Å²) in [6, 6.07) is 0. The minimum atomic E-state index is -3.96. The molecule has 0 aliphatic rings. The third-order valence-corrected chi connectivity index (χ3v) is 3.42. The van der Waals surface area contributed by atoms with Crippen LogP contribution in [-0.2, 0) is 10.1 Å². The van der Waals surface area contributed by atoms with Gasteiger partial charge in [0.05, 0.1) is 5.75 Å². The Balaban J connectivity index is 3.46. The summed E-state index contributed by atoms with van der Waals surface area (Å²) in [7, 11) is -0.0695. The number of carbonyl (C=O) groups excluding carboxylic acids is 1. The van der Waals surface area contributed by atoms with Crippen LogP contribution in [0.1, 0.15) is 6.42 Å². The van der Waals surface area contributed by atoms with Crippen molar-refractivity contribution in [1.82, 2.24) is 10.2 Å². The summed E-state index contributed by atoms with van der Waals surface area (Å²) in [5.74, 6) is -0.332. The maximum absolute atomic E-state index is 11.1. The van der Waals surface area contributed by atoms with E-state index in [9.17, 15) is 13.2 Å². The van der Waals surface area contributed by atoms with E-state index in [1.54, 1.807) is 0 Å². The number of nitrogens with zero attached hydrogens (tertiary/aromatic N) is 1. The van der Waals surface area contributed by atoms with Crippen LogP contribution in [-0.4, -0.2) is 61.8 Å². The second kappa shape index (κ2) is 7.88. The lowest BCUT2D eigenvalue weighted by Gasteiger charge is -2.09. The van der Waals surface area contributed by atoms with E-state index in [2.05, 4.69) is 5.32 Å². The van der Waals surface area contributed by atoms with E-state index in [-0.39, 0.29) is 11.0 Å². The van der Waals surface area contributed by atoms with Gasteiger partial charge in [-0.25, -0.2) is 0 Å². The molecule has 1 amide bonds. The lowest BCUT2D eigenvalue weighted by molar-refractivity contribution is 0.260. The molecule has 0 unspecified atom stereocenters. The van der Waals surface area contributed by atoms with Gasteiger partial charge in [0.2, 0.25) is 0 Å². The van der Waals surface area contributed by atoms with Crippen molar-refractivity contribution in [2.45, 2.75) is 6.42 Å². The van der Waals surface area contributed by atoms with E-state index < -0.39 is 15.9 Å². The molecule has 0 radical (unpaired) electrons. The Morgan fingerprint density at radius 1 is 1.44 bits per heavy atom. The summed E-state index contributed by atoms with van der Waals surface area (Å²) in [4.78, 5) is 13.1. The summed E-state index contributed by atoms with van der Waals surface area (Å²) >= 11 is 0.859. The molecule has 0 saturated carbocycles. The van der Waals surface area contributed by atoms with E-state index in [1.165, 1.54) is 0 Å². The number of thioether (sulfide) groups is 1. The Hall–Kier alpha value is -0.310. The molecule has 0 spiro atoms. The van der Waals surface area contributed by atoms with Gasteiger partial charge in [0.15, 0.2) is 0 Å². The fourth-order valence-corrected chi connectivity index (χ4v) is 2.44. The first-order valence-corrected chi connectivity index (χ1v) is 7.41. The highest BCUT2D eigenvalue weighted by molar-refractivity contribution is 8.13. The quantitative estimate of drug-likeness (QED) is 0.510. The third kappa shape index (κ3) is 11.8. The van der Waals surface area contributed by atoms with Gasteiger partial charge in [-0.3, -0.25) is 9.35 Å². The van der Waals surface area contributed by atoms with Crippen LogP contribution in [0.2, 0.25) is 0 Å². The first kappa shape index (κ1) is 15.7. The molecule has 8 heteroatoms. The van der Waals surface area contributed by atoms with Gasteiger partial charge in [-0.15, -0.1) is 0 Å². The monoisotopic (exact) mass is 270 g/mol. The van der Waals surface area contributed by atoms with Crippen molar-refractivity contribution in [1.29, 1.82) is 0 Å². The Labute approximate surface area is 101 Å². The van der Waals surface area contributed by atoms with Crippen LogP contribution >= 0.6 is 11.8 Å². The summed E-state index contributed by atoms with van der Waals surface area (Å²) in [5.41, 5.74) is 0. The first-order valence-electron chi connectivity index (χ1n) is 4.82. The first-order chi connectivity index (χ1) is 7.31. The van der Waals surface area contributed by atoms with Crippen LogP contribution in [0, 0.1) is 0 Å². The van der Waals surface area contributed by atoms with Gasteiger partial charge in [0.25, 0.3) is 15.4 Å². The fourth-order valence-electron chi connectivity index (χ4n) is 0.876. The molecular formula is C8H18N2O4S2. The van der Waals surface area contributed by atoms with E-state index in [4.69, 9.17) is 4.55 Å². The van der Waals surface area contributed by atoms with Crippen LogP contribution in [0.3, 0.4) is 0 Å². The maximum atomic E-state index is 11.1. The SMILES string of the molecule is CN(C)CCCNC(=O)SCCS(=O)(=O)O. The number of hydrogen-bond acceptors (Lipinski definition) is 5. The Bertz CT molecular complexity index is 303.